The number of aromatic nitrogens is 3. The van der Waals surface area contributed by atoms with Gasteiger partial charge in [0.15, 0.2) is 5.82 Å². The molecule has 2 aromatic heterocycles. The molecule has 3 aromatic rings. The maximum Gasteiger partial charge on any atom is 0.163 e. The number of rotatable bonds is 5. The molecule has 0 radical (unpaired) electrons. The summed E-state index contributed by atoms with van der Waals surface area (Å²) in [6.07, 6.45) is 3.36. The zero-order chi connectivity index (χ0) is 16.9. The number of hydrogen-bond acceptors (Lipinski definition) is 6. The normalized spacial score (nSPS) is 10.3. The average molecular weight is 343 g/mol. The van der Waals surface area contributed by atoms with E-state index >= 15 is 0 Å². The fraction of sp³-hybridized carbons (Fsp3) is 0.118. The van der Waals surface area contributed by atoms with Crippen molar-refractivity contribution >= 4 is 23.1 Å². The van der Waals surface area contributed by atoms with E-state index < -0.39 is 0 Å². The van der Waals surface area contributed by atoms with Crippen molar-refractivity contribution in [1.82, 2.24) is 15.0 Å². The van der Waals surface area contributed by atoms with Gasteiger partial charge in [-0.2, -0.15) is 0 Å². The molecule has 0 unspecified atom stereocenters. The van der Waals surface area contributed by atoms with E-state index in [2.05, 4.69) is 20.3 Å². The number of nitrogens with one attached hydrogen (secondary N) is 1. The largest absolute Gasteiger partial charge is 0.497 e. The van der Waals surface area contributed by atoms with E-state index in [0.717, 1.165) is 5.56 Å². The van der Waals surface area contributed by atoms with Crippen LogP contribution < -0.4 is 14.8 Å². The third-order valence-electron chi connectivity index (χ3n) is 3.30. The van der Waals surface area contributed by atoms with Gasteiger partial charge in [0.2, 0.25) is 0 Å². The number of anilines is 2. The second-order valence-corrected chi connectivity index (χ2v) is 5.21. The second kappa shape index (κ2) is 7.14. The van der Waals surface area contributed by atoms with Crippen molar-refractivity contribution in [1.29, 1.82) is 0 Å². The first-order valence-electron chi connectivity index (χ1n) is 7.13. The highest BCUT2D eigenvalue weighted by molar-refractivity contribution is 6.29. The first-order valence-corrected chi connectivity index (χ1v) is 7.51. The van der Waals surface area contributed by atoms with Crippen molar-refractivity contribution in [3.8, 4) is 22.9 Å². The molecule has 3 rings (SSSR count). The maximum absolute atomic E-state index is 6.14. The molecule has 0 aliphatic heterocycles. The second-order valence-electron chi connectivity index (χ2n) is 4.83. The molecule has 1 N–H and O–H groups in total. The molecule has 24 heavy (non-hydrogen) atoms. The number of ether oxygens (including phenoxy) is 2. The van der Waals surface area contributed by atoms with Crippen LogP contribution in [0.4, 0.5) is 11.5 Å². The topological polar surface area (TPSA) is 69.2 Å². The summed E-state index contributed by atoms with van der Waals surface area (Å²) >= 11 is 6.14. The van der Waals surface area contributed by atoms with Crippen LogP contribution in [0.25, 0.3) is 11.4 Å². The van der Waals surface area contributed by atoms with Crippen molar-refractivity contribution < 1.29 is 9.47 Å². The Morgan fingerprint density at radius 3 is 2.46 bits per heavy atom. The Hall–Kier alpha value is -2.86. The molecule has 0 aliphatic rings. The molecule has 2 heterocycles. The number of nitrogens with zero attached hydrogens (tertiary/aromatic N) is 3. The zero-order valence-electron chi connectivity index (χ0n) is 13.2. The van der Waals surface area contributed by atoms with Gasteiger partial charge >= 0.3 is 0 Å². The highest BCUT2D eigenvalue weighted by atomic mass is 35.5. The fourth-order valence-electron chi connectivity index (χ4n) is 2.16. The third-order valence-corrected chi connectivity index (χ3v) is 3.50. The molecule has 0 saturated carbocycles. The van der Waals surface area contributed by atoms with Crippen molar-refractivity contribution in [2.24, 2.45) is 0 Å². The van der Waals surface area contributed by atoms with Crippen molar-refractivity contribution in [3.63, 3.8) is 0 Å². The summed E-state index contributed by atoms with van der Waals surface area (Å²) in [6.45, 7) is 0. The van der Waals surface area contributed by atoms with Gasteiger partial charge in [-0.1, -0.05) is 11.6 Å². The van der Waals surface area contributed by atoms with Crippen molar-refractivity contribution in [2.75, 3.05) is 19.5 Å². The number of pyridine rings is 1. The summed E-state index contributed by atoms with van der Waals surface area (Å²) in [5, 5.41) is 3.53. The lowest BCUT2D eigenvalue weighted by molar-refractivity contribution is 0.405. The van der Waals surface area contributed by atoms with E-state index in [-0.39, 0.29) is 0 Å². The van der Waals surface area contributed by atoms with Crippen molar-refractivity contribution in [2.45, 2.75) is 0 Å². The van der Waals surface area contributed by atoms with Crippen LogP contribution in [0.15, 0.2) is 48.8 Å². The summed E-state index contributed by atoms with van der Waals surface area (Å²) in [7, 11) is 3.21. The van der Waals surface area contributed by atoms with E-state index in [1.165, 1.54) is 0 Å². The Morgan fingerprint density at radius 2 is 1.75 bits per heavy atom. The first-order chi connectivity index (χ1) is 11.7. The van der Waals surface area contributed by atoms with Crippen LogP contribution in [0.2, 0.25) is 5.15 Å². The smallest absolute Gasteiger partial charge is 0.163 e. The van der Waals surface area contributed by atoms with Crippen LogP contribution in [-0.2, 0) is 0 Å². The first kappa shape index (κ1) is 16.0. The molecule has 0 amide bonds. The highest BCUT2D eigenvalue weighted by Gasteiger charge is 2.10. The molecule has 0 bridgehead atoms. The van der Waals surface area contributed by atoms with E-state index in [1.54, 1.807) is 32.7 Å². The van der Waals surface area contributed by atoms with Gasteiger partial charge in [-0.05, 0) is 24.3 Å². The molecule has 6 nitrogen and oxygen atoms in total. The van der Waals surface area contributed by atoms with Crippen LogP contribution in [0.5, 0.6) is 11.5 Å². The molecule has 0 fully saturated rings. The van der Waals surface area contributed by atoms with E-state index in [1.807, 2.05) is 30.3 Å². The number of hydrogen-bond donors (Lipinski definition) is 1. The predicted molar refractivity (Wildman–Crippen MR) is 93.1 cm³/mol. The van der Waals surface area contributed by atoms with Crippen LogP contribution in [0.1, 0.15) is 0 Å². The van der Waals surface area contributed by atoms with Gasteiger partial charge in [0.25, 0.3) is 0 Å². The van der Waals surface area contributed by atoms with Gasteiger partial charge in [0, 0.05) is 30.1 Å². The van der Waals surface area contributed by atoms with Crippen LogP contribution in [0.3, 0.4) is 0 Å². The van der Waals surface area contributed by atoms with Gasteiger partial charge in [0.05, 0.1) is 19.9 Å². The molecule has 1 aromatic carbocycles. The van der Waals surface area contributed by atoms with Gasteiger partial charge in [-0.25, -0.2) is 9.97 Å². The lowest BCUT2D eigenvalue weighted by Crippen LogP contribution is -2.00. The Balaban J connectivity index is 1.98. The summed E-state index contributed by atoms with van der Waals surface area (Å²) in [5.41, 5.74) is 1.54. The van der Waals surface area contributed by atoms with Crippen molar-refractivity contribution in [3.05, 3.63) is 53.9 Å². The number of benzene rings is 1. The van der Waals surface area contributed by atoms with Gasteiger partial charge in [-0.15, -0.1) is 0 Å². The lowest BCUT2D eigenvalue weighted by atomic mass is 10.2. The maximum atomic E-state index is 6.14. The highest BCUT2D eigenvalue weighted by Crippen LogP contribution is 2.32. The van der Waals surface area contributed by atoms with Crippen LogP contribution >= 0.6 is 11.6 Å². The molecule has 0 atom stereocenters. The summed E-state index contributed by atoms with van der Waals surface area (Å²) in [6, 6.07) is 10.7. The minimum absolute atomic E-state index is 0.334. The van der Waals surface area contributed by atoms with Gasteiger partial charge < -0.3 is 14.8 Å². The fourth-order valence-corrected chi connectivity index (χ4v) is 2.34. The molecular weight excluding hydrogens is 328 g/mol. The Kier molecular flexibility index (Phi) is 4.77. The lowest BCUT2D eigenvalue weighted by Gasteiger charge is -2.13. The van der Waals surface area contributed by atoms with E-state index in [0.29, 0.717) is 34.0 Å². The molecule has 0 spiro atoms. The Morgan fingerprint density at radius 1 is 0.958 bits per heavy atom. The Labute approximate surface area is 144 Å². The molecule has 0 saturated heterocycles. The molecule has 7 heteroatoms. The monoisotopic (exact) mass is 342 g/mol. The molecule has 0 aliphatic carbocycles. The number of methoxy groups -OCH3 is 2. The standard InChI is InChI=1S/C17H15ClN4O2/c1-23-12-3-4-14(24-2)13(9-12)20-16-10-15(18)21-17(22-16)11-5-7-19-8-6-11/h3-10H,1-2H3,(H,20,21,22). The minimum atomic E-state index is 0.334. The van der Waals surface area contributed by atoms with Gasteiger partial charge in [-0.3, -0.25) is 4.98 Å². The zero-order valence-corrected chi connectivity index (χ0v) is 13.9. The van der Waals surface area contributed by atoms with E-state index in [9.17, 15) is 0 Å². The quantitative estimate of drug-likeness (QED) is 0.708. The SMILES string of the molecule is COc1ccc(OC)c(Nc2cc(Cl)nc(-c3ccncc3)n2)c1. The molecular formula is C17H15ClN4O2. The van der Waals surface area contributed by atoms with Crippen LogP contribution in [0, 0.1) is 0 Å². The molecule has 122 valence electrons. The predicted octanol–water partition coefficient (Wildman–Crippen LogP) is 3.95. The third kappa shape index (κ3) is 3.55. The summed E-state index contributed by atoms with van der Waals surface area (Å²) in [4.78, 5) is 12.7. The van der Waals surface area contributed by atoms with Gasteiger partial charge in [0.1, 0.15) is 22.5 Å². The summed E-state index contributed by atoms with van der Waals surface area (Å²) in [5.74, 6) is 2.42. The van der Waals surface area contributed by atoms with Crippen LogP contribution in [-0.4, -0.2) is 29.2 Å². The summed E-state index contributed by atoms with van der Waals surface area (Å²) < 4.78 is 10.6. The Bertz CT molecular complexity index is 843. The number of halogens is 1. The van der Waals surface area contributed by atoms with E-state index in [4.69, 9.17) is 21.1 Å². The average Bonchev–Trinajstić information content (AvgIpc) is 2.62. The minimum Gasteiger partial charge on any atom is -0.497 e.